The Morgan fingerprint density at radius 1 is 1.00 bits per heavy atom. The highest BCUT2D eigenvalue weighted by Gasteiger charge is 2.57. The number of rotatable bonds is 3. The van der Waals surface area contributed by atoms with E-state index in [2.05, 4.69) is 5.32 Å². The van der Waals surface area contributed by atoms with E-state index in [9.17, 15) is 36.8 Å². The van der Waals surface area contributed by atoms with Crippen molar-refractivity contribution in [2.75, 3.05) is 5.32 Å². The van der Waals surface area contributed by atoms with Crippen molar-refractivity contribution in [2.24, 2.45) is 5.92 Å². The van der Waals surface area contributed by atoms with Crippen LogP contribution in [-0.4, -0.2) is 29.0 Å². The lowest BCUT2D eigenvalue weighted by molar-refractivity contribution is -0.136. The van der Waals surface area contributed by atoms with Crippen LogP contribution in [-0.2, 0) is 16.4 Å². The van der Waals surface area contributed by atoms with E-state index in [0.29, 0.717) is 5.56 Å². The number of carbonyl (C=O) groups is 1. The van der Waals surface area contributed by atoms with Gasteiger partial charge in [-0.1, -0.05) is 36.4 Å². The predicted molar refractivity (Wildman–Crippen MR) is 104 cm³/mol. The molecule has 1 unspecified atom stereocenters. The van der Waals surface area contributed by atoms with E-state index in [4.69, 9.17) is 0 Å². The summed E-state index contributed by atoms with van der Waals surface area (Å²) in [7, 11) is -1.76. The molecule has 1 aliphatic heterocycles. The van der Waals surface area contributed by atoms with Gasteiger partial charge in [0.1, 0.15) is 5.41 Å². The lowest BCUT2D eigenvalue weighted by Gasteiger charge is -2.40. The summed E-state index contributed by atoms with van der Waals surface area (Å²) in [5.74, 6) is -4.23. The van der Waals surface area contributed by atoms with Crippen LogP contribution in [0.5, 0.6) is 0 Å². The molecule has 2 aliphatic rings. The van der Waals surface area contributed by atoms with Gasteiger partial charge < -0.3 is 15.4 Å². The van der Waals surface area contributed by atoms with Gasteiger partial charge in [0, 0.05) is 12.8 Å². The van der Waals surface area contributed by atoms with Crippen molar-refractivity contribution in [2.45, 2.75) is 43.2 Å². The Morgan fingerprint density at radius 2 is 1.61 bits per heavy atom. The third-order valence-electron chi connectivity index (χ3n) is 6.39. The highest BCUT2D eigenvalue weighted by atomic mass is 19.4. The molecular formula is C21H19BF5NO3. The summed E-state index contributed by atoms with van der Waals surface area (Å²) in [6.45, 7) is 0. The number of amides is 1. The Hall–Kier alpha value is -2.46. The molecule has 1 atom stereocenters. The molecule has 164 valence electrons. The number of benzene rings is 2. The molecule has 31 heavy (non-hydrogen) atoms. The molecule has 10 heteroatoms. The smallest absolute Gasteiger partial charge is 0.423 e. The van der Waals surface area contributed by atoms with Crippen molar-refractivity contribution in [3.8, 4) is 0 Å². The first-order valence-corrected chi connectivity index (χ1v) is 9.83. The molecule has 0 aromatic heterocycles. The molecule has 2 aromatic carbocycles. The summed E-state index contributed by atoms with van der Waals surface area (Å²) in [5, 5.41) is 21.1. The van der Waals surface area contributed by atoms with E-state index < -0.39 is 54.9 Å². The Balaban J connectivity index is 1.92. The fraction of sp³-hybridized carbons (Fsp3) is 0.381. The summed E-state index contributed by atoms with van der Waals surface area (Å²) >= 11 is 0. The zero-order valence-corrected chi connectivity index (χ0v) is 16.2. The molecule has 4 nitrogen and oxygen atoms in total. The minimum atomic E-state index is -4.71. The number of nitrogens with one attached hydrogen (secondary N) is 1. The number of fused-ring (bicyclic) bond motifs is 1. The first kappa shape index (κ1) is 21.8. The van der Waals surface area contributed by atoms with Gasteiger partial charge >= 0.3 is 13.3 Å². The molecule has 0 saturated heterocycles. The van der Waals surface area contributed by atoms with Gasteiger partial charge in [-0.25, -0.2) is 8.78 Å². The molecule has 3 N–H and O–H groups in total. The molecule has 1 saturated carbocycles. The van der Waals surface area contributed by atoms with Crippen molar-refractivity contribution in [1.82, 2.24) is 0 Å². The van der Waals surface area contributed by atoms with Crippen LogP contribution in [0.4, 0.5) is 27.6 Å². The van der Waals surface area contributed by atoms with E-state index in [-0.39, 0.29) is 29.6 Å². The minimum Gasteiger partial charge on any atom is -0.423 e. The molecule has 2 aromatic rings. The summed E-state index contributed by atoms with van der Waals surface area (Å²) in [6, 6.07) is 9.10. The maximum absolute atomic E-state index is 13.8. The zero-order valence-electron chi connectivity index (χ0n) is 16.2. The quantitative estimate of drug-likeness (QED) is 0.507. The molecule has 0 radical (unpaired) electrons. The average Bonchev–Trinajstić information content (AvgIpc) is 3.00. The standard InChI is InChI=1S/C21H19BF5NO3/c23-19(24)10-8-13(9-11-19)20(12-4-6-14(7-5-12)22(30)31)15-2-1-3-16(21(25,26)27)17(15)28-18(20)29/h1-7,13,30-31H,8-11H2,(H,28,29). The predicted octanol–water partition coefficient (Wildman–Crippen LogP) is 3.45. The Morgan fingerprint density at radius 3 is 2.16 bits per heavy atom. The molecule has 4 rings (SSSR count). The second kappa shape index (κ2) is 7.31. The van der Waals surface area contributed by atoms with Crippen LogP contribution in [0.1, 0.15) is 42.4 Å². The first-order valence-electron chi connectivity index (χ1n) is 9.83. The van der Waals surface area contributed by atoms with Gasteiger partial charge in [-0.05, 0) is 41.4 Å². The van der Waals surface area contributed by atoms with Crippen LogP contribution in [0.25, 0.3) is 0 Å². The molecule has 1 amide bonds. The maximum Gasteiger partial charge on any atom is 0.488 e. The average molecular weight is 439 g/mol. The van der Waals surface area contributed by atoms with Gasteiger partial charge in [-0.3, -0.25) is 4.79 Å². The number of para-hydroxylation sites is 1. The van der Waals surface area contributed by atoms with Crippen molar-refractivity contribution >= 4 is 24.2 Å². The molecule has 0 bridgehead atoms. The zero-order chi connectivity index (χ0) is 22.6. The van der Waals surface area contributed by atoms with Gasteiger partial charge in [0.2, 0.25) is 11.8 Å². The van der Waals surface area contributed by atoms with Gasteiger partial charge in [0.05, 0.1) is 11.3 Å². The van der Waals surface area contributed by atoms with Crippen LogP contribution in [0.15, 0.2) is 42.5 Å². The monoisotopic (exact) mass is 439 g/mol. The van der Waals surface area contributed by atoms with Crippen LogP contribution < -0.4 is 10.8 Å². The highest BCUT2D eigenvalue weighted by Crippen LogP contribution is 2.55. The van der Waals surface area contributed by atoms with Crippen LogP contribution in [0.3, 0.4) is 0 Å². The van der Waals surface area contributed by atoms with Gasteiger partial charge in [-0.15, -0.1) is 0 Å². The van der Waals surface area contributed by atoms with E-state index in [1.165, 1.54) is 36.4 Å². The Kier molecular flexibility index (Phi) is 5.13. The Bertz CT molecular complexity index is 999. The van der Waals surface area contributed by atoms with Crippen LogP contribution >= 0.6 is 0 Å². The second-order valence-electron chi connectivity index (χ2n) is 8.11. The summed E-state index contributed by atoms with van der Waals surface area (Å²) in [4.78, 5) is 13.3. The van der Waals surface area contributed by atoms with Gasteiger partial charge in [-0.2, -0.15) is 13.2 Å². The maximum atomic E-state index is 13.8. The number of hydrogen-bond donors (Lipinski definition) is 3. The van der Waals surface area contributed by atoms with Gasteiger partial charge in [0.25, 0.3) is 0 Å². The number of halogens is 5. The SMILES string of the molecule is O=C1Nc2c(C(F)(F)F)cccc2C1(c1ccc(B(O)O)cc1)C1CCC(F)(F)CC1. The third-order valence-corrected chi connectivity index (χ3v) is 6.39. The fourth-order valence-corrected chi connectivity index (χ4v) is 4.91. The first-order chi connectivity index (χ1) is 14.5. The second-order valence-corrected chi connectivity index (χ2v) is 8.11. The van der Waals surface area contributed by atoms with Crippen LogP contribution in [0.2, 0.25) is 0 Å². The molecule has 1 heterocycles. The van der Waals surface area contributed by atoms with Crippen molar-refractivity contribution < 1.29 is 36.8 Å². The number of hydrogen-bond acceptors (Lipinski definition) is 3. The van der Waals surface area contributed by atoms with E-state index >= 15 is 0 Å². The summed E-state index contributed by atoms with van der Waals surface area (Å²) in [5.41, 5.74) is -2.39. The number of anilines is 1. The summed E-state index contributed by atoms with van der Waals surface area (Å²) < 4.78 is 68.5. The molecular weight excluding hydrogens is 420 g/mol. The van der Waals surface area contributed by atoms with E-state index in [0.717, 1.165) is 6.07 Å². The lowest BCUT2D eigenvalue weighted by Crippen LogP contribution is -2.46. The number of alkyl halides is 5. The van der Waals surface area contributed by atoms with E-state index in [1.807, 2.05) is 0 Å². The highest BCUT2D eigenvalue weighted by molar-refractivity contribution is 6.58. The number of carbonyl (C=O) groups excluding carboxylic acids is 1. The molecule has 0 spiro atoms. The van der Waals surface area contributed by atoms with Crippen molar-refractivity contribution in [3.05, 3.63) is 59.2 Å². The molecule has 1 aliphatic carbocycles. The van der Waals surface area contributed by atoms with Crippen molar-refractivity contribution in [3.63, 3.8) is 0 Å². The third kappa shape index (κ3) is 3.51. The van der Waals surface area contributed by atoms with Crippen molar-refractivity contribution in [1.29, 1.82) is 0 Å². The largest absolute Gasteiger partial charge is 0.488 e. The van der Waals surface area contributed by atoms with E-state index in [1.54, 1.807) is 0 Å². The minimum absolute atomic E-state index is 0.0412. The topological polar surface area (TPSA) is 69.6 Å². The summed E-state index contributed by atoms with van der Waals surface area (Å²) in [6.07, 6.45) is -5.72. The van der Waals surface area contributed by atoms with Gasteiger partial charge in [0.15, 0.2) is 0 Å². The normalized spacial score (nSPS) is 23.4. The fourth-order valence-electron chi connectivity index (χ4n) is 4.91. The lowest BCUT2D eigenvalue weighted by atomic mass is 9.61. The Labute approximate surface area is 175 Å². The molecule has 1 fully saturated rings. The van der Waals surface area contributed by atoms with Crippen LogP contribution in [0, 0.1) is 5.92 Å².